The molecule has 3 heteroatoms. The summed E-state index contributed by atoms with van der Waals surface area (Å²) in [5.41, 5.74) is 11.2. The van der Waals surface area contributed by atoms with Gasteiger partial charge in [-0.3, -0.25) is 9.97 Å². The third-order valence-electron chi connectivity index (χ3n) is 9.81. The maximum absolute atomic E-state index is 4.91. The molecule has 0 fully saturated rings. The Labute approximate surface area is 283 Å². The summed E-state index contributed by atoms with van der Waals surface area (Å²) in [6.07, 6.45) is 3.82. The molecule has 228 valence electrons. The van der Waals surface area contributed by atoms with Crippen LogP contribution >= 0.6 is 0 Å². The summed E-state index contributed by atoms with van der Waals surface area (Å²) in [6.45, 7) is 0. The van der Waals surface area contributed by atoms with Crippen LogP contribution in [0, 0.1) is 0 Å². The Hall–Kier alpha value is -6.58. The molecule has 0 aliphatic heterocycles. The van der Waals surface area contributed by atoms with E-state index < -0.39 is 0 Å². The molecule has 0 unspecified atom stereocenters. The second-order valence-corrected chi connectivity index (χ2v) is 12.7. The van der Waals surface area contributed by atoms with Gasteiger partial charge in [-0.25, -0.2) is 0 Å². The van der Waals surface area contributed by atoms with Gasteiger partial charge in [-0.15, -0.1) is 0 Å². The number of rotatable bonds is 4. The number of nitrogens with zero attached hydrogens (tertiary/aromatic N) is 3. The molecule has 3 heterocycles. The van der Waals surface area contributed by atoms with Crippen LogP contribution in [0.2, 0.25) is 0 Å². The third-order valence-corrected chi connectivity index (χ3v) is 9.81. The number of pyridine rings is 2. The van der Waals surface area contributed by atoms with Crippen molar-refractivity contribution in [3.8, 4) is 39.2 Å². The normalized spacial score (nSPS) is 11.7. The lowest BCUT2D eigenvalue weighted by atomic mass is 9.94. The maximum Gasteiger partial charge on any atom is 0.0964 e. The Morgan fingerprint density at radius 2 is 1.08 bits per heavy atom. The predicted molar refractivity (Wildman–Crippen MR) is 205 cm³/mol. The molecule has 0 bridgehead atoms. The van der Waals surface area contributed by atoms with Gasteiger partial charge in [0.05, 0.1) is 22.2 Å². The molecule has 0 spiro atoms. The van der Waals surface area contributed by atoms with Gasteiger partial charge in [0, 0.05) is 45.4 Å². The molecule has 0 amide bonds. The zero-order valence-electron chi connectivity index (χ0n) is 26.6. The monoisotopic (exact) mass is 623 g/mol. The van der Waals surface area contributed by atoms with Crippen LogP contribution in [-0.4, -0.2) is 14.5 Å². The number of aromatic nitrogens is 3. The van der Waals surface area contributed by atoms with Gasteiger partial charge in [0.1, 0.15) is 0 Å². The van der Waals surface area contributed by atoms with Gasteiger partial charge in [0.25, 0.3) is 0 Å². The van der Waals surface area contributed by atoms with Crippen molar-refractivity contribution in [2.24, 2.45) is 0 Å². The van der Waals surface area contributed by atoms with Crippen molar-refractivity contribution in [1.29, 1.82) is 0 Å². The highest BCUT2D eigenvalue weighted by Crippen LogP contribution is 2.46. The van der Waals surface area contributed by atoms with Crippen LogP contribution in [0.4, 0.5) is 0 Å². The molecule has 49 heavy (non-hydrogen) atoms. The van der Waals surface area contributed by atoms with E-state index in [-0.39, 0.29) is 0 Å². The van der Waals surface area contributed by atoms with E-state index in [0.717, 1.165) is 38.6 Å². The highest BCUT2D eigenvalue weighted by atomic mass is 15.0. The number of hydrogen-bond donors (Lipinski definition) is 0. The lowest BCUT2D eigenvalue weighted by molar-refractivity contribution is 1.14. The van der Waals surface area contributed by atoms with Gasteiger partial charge in [-0.2, -0.15) is 0 Å². The molecule has 0 radical (unpaired) electrons. The van der Waals surface area contributed by atoms with Gasteiger partial charge in [-0.05, 0) is 74.6 Å². The van der Waals surface area contributed by atoms with Crippen LogP contribution in [0.25, 0.3) is 93.5 Å². The molecular formula is C46H29N3. The molecule has 10 rings (SSSR count). The van der Waals surface area contributed by atoms with Crippen LogP contribution in [-0.2, 0) is 0 Å². The summed E-state index contributed by atoms with van der Waals surface area (Å²) >= 11 is 0. The summed E-state index contributed by atoms with van der Waals surface area (Å²) in [5, 5.41) is 8.31. The summed E-state index contributed by atoms with van der Waals surface area (Å²) in [4.78, 5) is 9.53. The average Bonchev–Trinajstić information content (AvgIpc) is 3.53. The Morgan fingerprint density at radius 3 is 1.94 bits per heavy atom. The lowest BCUT2D eigenvalue weighted by Crippen LogP contribution is -1.97. The Bertz CT molecular complexity index is 2870. The van der Waals surface area contributed by atoms with Crippen molar-refractivity contribution in [2.45, 2.75) is 0 Å². The number of benzene rings is 7. The smallest absolute Gasteiger partial charge is 0.0964 e. The summed E-state index contributed by atoms with van der Waals surface area (Å²) in [7, 11) is 0. The van der Waals surface area contributed by atoms with E-state index in [9.17, 15) is 0 Å². The van der Waals surface area contributed by atoms with Gasteiger partial charge < -0.3 is 4.57 Å². The molecule has 0 aliphatic carbocycles. The second-order valence-electron chi connectivity index (χ2n) is 12.7. The number of fused-ring (bicyclic) bond motifs is 7. The van der Waals surface area contributed by atoms with Crippen molar-refractivity contribution in [3.05, 3.63) is 176 Å². The first-order chi connectivity index (χ1) is 24.3. The van der Waals surface area contributed by atoms with Gasteiger partial charge >= 0.3 is 0 Å². The second kappa shape index (κ2) is 11.0. The molecule has 7 aromatic carbocycles. The Morgan fingerprint density at radius 1 is 0.408 bits per heavy atom. The van der Waals surface area contributed by atoms with Gasteiger partial charge in [0.2, 0.25) is 0 Å². The molecule has 0 N–H and O–H groups in total. The molecule has 3 nitrogen and oxygen atoms in total. The summed E-state index contributed by atoms with van der Waals surface area (Å²) in [5.74, 6) is 0. The summed E-state index contributed by atoms with van der Waals surface area (Å²) < 4.78 is 2.46. The zero-order valence-corrected chi connectivity index (χ0v) is 26.6. The minimum atomic E-state index is 0.931. The molecule has 0 saturated carbocycles. The number of hydrogen-bond acceptors (Lipinski definition) is 2. The lowest BCUT2D eigenvalue weighted by Gasteiger charge is -2.14. The molecular weight excluding hydrogens is 595 g/mol. The molecule has 0 atom stereocenters. The van der Waals surface area contributed by atoms with E-state index in [1.54, 1.807) is 0 Å². The third kappa shape index (κ3) is 4.44. The highest BCUT2D eigenvalue weighted by Gasteiger charge is 2.23. The van der Waals surface area contributed by atoms with Crippen molar-refractivity contribution >= 4 is 54.3 Å². The largest absolute Gasteiger partial charge is 0.309 e. The topological polar surface area (TPSA) is 30.7 Å². The van der Waals surface area contributed by atoms with Crippen LogP contribution in [0.1, 0.15) is 0 Å². The van der Waals surface area contributed by atoms with Gasteiger partial charge in [0.15, 0.2) is 0 Å². The fourth-order valence-corrected chi connectivity index (χ4v) is 7.53. The molecule has 10 aromatic rings. The van der Waals surface area contributed by atoms with Crippen molar-refractivity contribution in [2.75, 3.05) is 0 Å². The van der Waals surface area contributed by atoms with E-state index >= 15 is 0 Å². The minimum absolute atomic E-state index is 0.931. The molecule has 3 aromatic heterocycles. The Balaban J connectivity index is 1.25. The molecule has 0 saturated heterocycles. The highest BCUT2D eigenvalue weighted by molar-refractivity contribution is 6.19. The Kier molecular flexibility index (Phi) is 6.18. The maximum atomic E-state index is 4.91. The predicted octanol–water partition coefficient (Wildman–Crippen LogP) is 12.0. The first-order valence-electron chi connectivity index (χ1n) is 16.7. The van der Waals surface area contributed by atoms with Crippen molar-refractivity contribution in [1.82, 2.24) is 14.5 Å². The quantitative estimate of drug-likeness (QED) is 0.183. The SMILES string of the molecule is c1ccc(-c2c(-c3ccccc3)n(-c3ccc4ccccc4c3)c3ccc4cc(-c5cnc6c(ccc7cccnc76)c5)ccc4c23)cc1. The summed E-state index contributed by atoms with van der Waals surface area (Å²) in [6, 6.07) is 59.0. The van der Waals surface area contributed by atoms with E-state index in [1.807, 2.05) is 18.5 Å². The van der Waals surface area contributed by atoms with Crippen LogP contribution in [0.3, 0.4) is 0 Å². The fourth-order valence-electron chi connectivity index (χ4n) is 7.53. The van der Waals surface area contributed by atoms with Crippen LogP contribution in [0.5, 0.6) is 0 Å². The van der Waals surface area contributed by atoms with Crippen molar-refractivity contribution < 1.29 is 0 Å². The van der Waals surface area contributed by atoms with E-state index in [4.69, 9.17) is 4.98 Å². The zero-order chi connectivity index (χ0) is 32.3. The van der Waals surface area contributed by atoms with Crippen LogP contribution in [0.15, 0.2) is 176 Å². The van der Waals surface area contributed by atoms with Crippen molar-refractivity contribution in [3.63, 3.8) is 0 Å². The fraction of sp³-hybridized carbons (Fsp3) is 0. The van der Waals surface area contributed by atoms with Crippen LogP contribution < -0.4 is 0 Å². The average molecular weight is 624 g/mol. The van der Waals surface area contributed by atoms with Gasteiger partial charge in [-0.1, -0.05) is 127 Å². The molecule has 0 aliphatic rings. The first kappa shape index (κ1) is 27.5. The van der Waals surface area contributed by atoms with E-state index in [2.05, 4.69) is 167 Å². The van der Waals surface area contributed by atoms with E-state index in [1.165, 1.54) is 54.8 Å². The minimum Gasteiger partial charge on any atom is -0.309 e. The van der Waals surface area contributed by atoms with E-state index in [0.29, 0.717) is 0 Å². The first-order valence-corrected chi connectivity index (χ1v) is 16.7. The standard InChI is InChI=1S/C46H29N3/c1-3-11-31(12-4-1)42-43-40-23-20-35(38-27-37-18-17-32-16-9-25-47-44(32)45(37)48-29-38)26-36(40)21-24-41(43)49(46(42)33-13-5-2-6-14-33)39-22-19-30-10-7-8-15-34(30)28-39/h1-29H.